The summed E-state index contributed by atoms with van der Waals surface area (Å²) >= 11 is 0. The van der Waals surface area contributed by atoms with Crippen molar-refractivity contribution in [3.8, 4) is 0 Å². The molecule has 0 spiro atoms. The molecule has 0 bridgehead atoms. The average molecular weight is 188 g/mol. The third kappa shape index (κ3) is 7.94. The summed E-state index contributed by atoms with van der Waals surface area (Å²) in [6, 6.07) is 0. The zero-order valence-corrected chi connectivity index (χ0v) is 9.20. The summed E-state index contributed by atoms with van der Waals surface area (Å²) in [4.78, 5) is 0. The van der Waals surface area contributed by atoms with E-state index in [9.17, 15) is 0 Å². The minimum absolute atomic E-state index is 0.198. The van der Waals surface area contributed by atoms with Crippen LogP contribution in [-0.4, -0.2) is 34.3 Å². The molecule has 3 N–H and O–H groups in total. The number of nitrogens with one attached hydrogen (secondary N) is 1. The van der Waals surface area contributed by atoms with Crippen molar-refractivity contribution in [1.29, 1.82) is 0 Å². The molecule has 0 radical (unpaired) electrons. The van der Waals surface area contributed by atoms with Gasteiger partial charge >= 0.3 is 0 Å². The van der Waals surface area contributed by atoms with Crippen LogP contribution in [0.25, 0.3) is 0 Å². The fourth-order valence-corrected chi connectivity index (χ4v) is 1.51. The van der Waals surface area contributed by atoms with E-state index in [2.05, 4.69) is 25.0 Å². The Bertz CT molecular complexity index is 120. The van der Waals surface area contributed by atoms with Crippen LogP contribution in [-0.2, 0) is 4.74 Å². The fraction of sp³-hybridized carbons (Fsp3) is 0.750. The Morgan fingerprint density at radius 3 is 2.83 bits per heavy atom. The maximum absolute atomic E-state index is 5.63. The van der Waals surface area contributed by atoms with E-state index >= 15 is 0 Å². The molecule has 0 aromatic carbocycles. The van der Waals surface area contributed by atoms with Crippen LogP contribution in [0.1, 0.15) is 0 Å². The van der Waals surface area contributed by atoms with Crippen molar-refractivity contribution in [1.82, 2.24) is 5.32 Å². The monoisotopic (exact) mass is 188 g/mol. The highest BCUT2D eigenvalue weighted by atomic mass is 28.3. The van der Waals surface area contributed by atoms with Crippen molar-refractivity contribution in [3.05, 3.63) is 12.7 Å². The fourth-order valence-electron chi connectivity index (χ4n) is 0.765. The summed E-state index contributed by atoms with van der Waals surface area (Å²) in [5.41, 5.74) is 5.63. The normalized spacial score (nSPS) is 13.3. The lowest BCUT2D eigenvalue weighted by atomic mass is 10.5. The summed E-state index contributed by atoms with van der Waals surface area (Å²) in [5, 5.41) is 3.27. The van der Waals surface area contributed by atoms with Gasteiger partial charge in [-0.2, -0.15) is 0 Å². The first-order chi connectivity index (χ1) is 5.66. The molecule has 0 aliphatic rings. The minimum atomic E-state index is -0.499. The van der Waals surface area contributed by atoms with E-state index in [1.54, 1.807) is 6.08 Å². The maximum atomic E-state index is 5.63. The second-order valence-corrected chi connectivity index (χ2v) is 6.41. The third-order valence-corrected chi connectivity index (χ3v) is 2.43. The van der Waals surface area contributed by atoms with Gasteiger partial charge in [0, 0.05) is 15.3 Å². The van der Waals surface area contributed by atoms with Crippen molar-refractivity contribution in [3.63, 3.8) is 0 Å². The molecule has 0 heterocycles. The van der Waals surface area contributed by atoms with Crippen molar-refractivity contribution < 1.29 is 4.74 Å². The third-order valence-electron chi connectivity index (χ3n) is 1.33. The first-order valence-electron chi connectivity index (χ1n) is 4.35. The number of nitrogens with two attached hydrogens (primary N) is 1. The first-order valence-corrected chi connectivity index (χ1v) is 7.48. The molecule has 12 heavy (non-hydrogen) atoms. The summed E-state index contributed by atoms with van der Waals surface area (Å²) in [6.45, 7) is 9.40. The molecule has 0 aromatic rings. The highest BCUT2D eigenvalue weighted by Gasteiger charge is 2.00. The molecular weight excluding hydrogens is 168 g/mol. The number of rotatable bonds is 7. The van der Waals surface area contributed by atoms with Crippen LogP contribution in [0, 0.1) is 0 Å². The van der Waals surface area contributed by atoms with E-state index in [0.717, 1.165) is 12.7 Å². The summed E-state index contributed by atoms with van der Waals surface area (Å²) in [5.74, 6) is 0. The molecule has 1 atom stereocenters. The van der Waals surface area contributed by atoms with E-state index in [-0.39, 0.29) is 6.23 Å². The van der Waals surface area contributed by atoms with Crippen LogP contribution in [0.4, 0.5) is 0 Å². The number of hydrogen-bond donors (Lipinski definition) is 2. The van der Waals surface area contributed by atoms with E-state index in [1.165, 1.54) is 0 Å². The van der Waals surface area contributed by atoms with Gasteiger partial charge in [-0.3, -0.25) is 0 Å². The van der Waals surface area contributed by atoms with Gasteiger partial charge in [0.15, 0.2) is 0 Å². The van der Waals surface area contributed by atoms with Gasteiger partial charge in [0.25, 0.3) is 0 Å². The lowest BCUT2D eigenvalue weighted by Gasteiger charge is -2.13. The van der Waals surface area contributed by atoms with Gasteiger partial charge in [0.1, 0.15) is 6.23 Å². The second kappa shape index (κ2) is 7.48. The molecule has 0 saturated heterocycles. The van der Waals surface area contributed by atoms with Crippen LogP contribution in [0.3, 0.4) is 0 Å². The molecule has 0 amide bonds. The van der Waals surface area contributed by atoms with Crippen LogP contribution >= 0.6 is 0 Å². The molecule has 72 valence electrons. The van der Waals surface area contributed by atoms with Gasteiger partial charge in [-0.05, 0) is 6.17 Å². The van der Waals surface area contributed by atoms with Crippen molar-refractivity contribution in [2.45, 2.75) is 19.3 Å². The molecule has 0 saturated carbocycles. The van der Waals surface area contributed by atoms with Crippen molar-refractivity contribution in [2.75, 3.05) is 19.3 Å². The highest BCUT2D eigenvalue weighted by molar-refractivity contribution is 6.55. The van der Waals surface area contributed by atoms with Crippen molar-refractivity contribution in [2.24, 2.45) is 5.73 Å². The van der Waals surface area contributed by atoms with E-state index in [4.69, 9.17) is 10.5 Å². The molecule has 0 aliphatic heterocycles. The second-order valence-electron chi connectivity index (χ2n) is 3.21. The van der Waals surface area contributed by atoms with Gasteiger partial charge < -0.3 is 15.8 Å². The van der Waals surface area contributed by atoms with Crippen molar-refractivity contribution >= 4 is 8.80 Å². The maximum Gasteiger partial charge on any atom is 0.118 e. The Balaban J connectivity index is 3.18. The smallest absolute Gasteiger partial charge is 0.118 e. The van der Waals surface area contributed by atoms with Crippen LogP contribution in [0.5, 0.6) is 0 Å². The number of hydrogen-bond acceptors (Lipinski definition) is 3. The lowest BCUT2D eigenvalue weighted by molar-refractivity contribution is 0.0801. The van der Waals surface area contributed by atoms with E-state index in [1.807, 2.05) is 0 Å². The van der Waals surface area contributed by atoms with E-state index in [0.29, 0.717) is 6.61 Å². The molecule has 1 unspecified atom stereocenters. The highest BCUT2D eigenvalue weighted by Crippen LogP contribution is 1.82. The Morgan fingerprint density at radius 2 is 2.33 bits per heavy atom. The quantitative estimate of drug-likeness (QED) is 0.338. The first kappa shape index (κ1) is 11.8. The van der Waals surface area contributed by atoms with E-state index < -0.39 is 8.80 Å². The molecule has 0 rings (SSSR count). The standard InChI is InChI=1S/C8H20N2OSi/c1-4-5-11-8(9)6-10-7-12(2)3/h4,8,10,12H,1,5-7,9H2,2-3H3. The van der Waals surface area contributed by atoms with Gasteiger partial charge in [-0.15, -0.1) is 6.58 Å². The topological polar surface area (TPSA) is 47.3 Å². The Hall–Kier alpha value is -0.163. The molecule has 0 fully saturated rings. The molecule has 0 aliphatic carbocycles. The zero-order chi connectivity index (χ0) is 9.40. The zero-order valence-electron chi connectivity index (χ0n) is 8.05. The SMILES string of the molecule is C=CCOC(N)CNC[SiH](C)C. The molecule has 0 aromatic heterocycles. The average Bonchev–Trinajstić information content (AvgIpc) is 2.00. The van der Waals surface area contributed by atoms with Gasteiger partial charge in [-0.1, -0.05) is 19.2 Å². The number of ether oxygens (including phenoxy) is 1. The van der Waals surface area contributed by atoms with Gasteiger partial charge in [0.05, 0.1) is 6.61 Å². The summed E-state index contributed by atoms with van der Waals surface area (Å²) < 4.78 is 5.19. The predicted molar refractivity (Wildman–Crippen MR) is 55.9 cm³/mol. The van der Waals surface area contributed by atoms with Gasteiger partial charge in [-0.25, -0.2) is 0 Å². The van der Waals surface area contributed by atoms with Crippen LogP contribution < -0.4 is 11.1 Å². The Kier molecular flexibility index (Phi) is 7.38. The minimum Gasteiger partial charge on any atom is -0.358 e. The molecule has 3 nitrogen and oxygen atoms in total. The summed E-state index contributed by atoms with van der Waals surface area (Å²) in [7, 11) is -0.499. The predicted octanol–water partition coefficient (Wildman–Crippen LogP) is 0.0893. The molecular formula is C8H20N2OSi. The van der Waals surface area contributed by atoms with Gasteiger partial charge in [0.2, 0.25) is 0 Å². The Morgan fingerprint density at radius 1 is 1.67 bits per heavy atom. The Labute approximate surface area is 76.6 Å². The lowest BCUT2D eigenvalue weighted by Crippen LogP contribution is -2.39. The molecule has 4 heteroatoms. The van der Waals surface area contributed by atoms with Crippen LogP contribution in [0.15, 0.2) is 12.7 Å². The largest absolute Gasteiger partial charge is 0.358 e. The van der Waals surface area contributed by atoms with Crippen LogP contribution in [0.2, 0.25) is 13.1 Å². The summed E-state index contributed by atoms with van der Waals surface area (Å²) in [6.07, 6.45) is 2.62.